The maximum absolute atomic E-state index is 13.8. The quantitative estimate of drug-likeness (QED) is 0.401. The molecule has 4 aromatic rings. The molecule has 0 aliphatic rings. The average Bonchev–Trinajstić information content (AvgIpc) is 2.83. The summed E-state index contributed by atoms with van der Waals surface area (Å²) >= 11 is 0. The number of benzene rings is 3. The minimum atomic E-state index is -4.81. The van der Waals surface area contributed by atoms with Gasteiger partial charge in [0.1, 0.15) is 11.5 Å². The van der Waals surface area contributed by atoms with Crippen molar-refractivity contribution in [3.63, 3.8) is 0 Å². The normalized spacial score (nSPS) is 11.3. The van der Waals surface area contributed by atoms with E-state index in [1.807, 2.05) is 0 Å². The summed E-state index contributed by atoms with van der Waals surface area (Å²) in [6.07, 6.45) is -4.81. The van der Waals surface area contributed by atoms with Crippen LogP contribution in [0.5, 0.6) is 11.5 Å². The fourth-order valence-electron chi connectivity index (χ4n) is 3.31. The molecule has 0 saturated carbocycles. The lowest BCUT2D eigenvalue weighted by atomic mass is 10.0. The first-order chi connectivity index (χ1) is 16.2. The third kappa shape index (κ3) is 4.37. The summed E-state index contributed by atoms with van der Waals surface area (Å²) in [6, 6.07) is 14.9. The van der Waals surface area contributed by atoms with Crippen molar-refractivity contribution in [2.75, 3.05) is 0 Å². The summed E-state index contributed by atoms with van der Waals surface area (Å²) in [5.74, 6) is -1.15. The summed E-state index contributed by atoms with van der Waals surface area (Å²) in [6.45, 7) is -0.334. The van der Waals surface area contributed by atoms with Crippen LogP contribution in [0.25, 0.3) is 34.2 Å². The van der Waals surface area contributed by atoms with E-state index in [-0.39, 0.29) is 52.3 Å². The summed E-state index contributed by atoms with van der Waals surface area (Å²) in [5.41, 5.74) is -1.09. The third-order valence-corrected chi connectivity index (χ3v) is 4.96. The minimum Gasteiger partial charge on any atom is -0.507 e. The molecule has 0 bridgehead atoms. The molecule has 7 nitrogen and oxygen atoms in total. The largest absolute Gasteiger partial charge is 0.507 e. The molecule has 0 fully saturated rings. The number of aliphatic hydroxyl groups excluding tert-OH is 1. The number of nitrogens with zero attached hydrogens (tertiary/aromatic N) is 4. The Morgan fingerprint density at radius 1 is 0.765 bits per heavy atom. The van der Waals surface area contributed by atoms with E-state index in [2.05, 4.69) is 15.0 Å². The molecular weight excluding hydrogens is 449 g/mol. The maximum atomic E-state index is 13.8. The van der Waals surface area contributed by atoms with Gasteiger partial charge in [0.15, 0.2) is 17.5 Å². The minimum absolute atomic E-state index is 0.0831. The van der Waals surface area contributed by atoms with Crippen LogP contribution < -0.4 is 0 Å². The van der Waals surface area contributed by atoms with Gasteiger partial charge in [0.05, 0.1) is 34.9 Å². The highest BCUT2D eigenvalue weighted by atomic mass is 19.4. The molecule has 0 aliphatic heterocycles. The number of rotatable bonds is 4. The van der Waals surface area contributed by atoms with Gasteiger partial charge in [0, 0.05) is 5.56 Å². The number of phenolic OH excluding ortho intramolecular Hbond substituents is 2. The Morgan fingerprint density at radius 3 is 1.91 bits per heavy atom. The van der Waals surface area contributed by atoms with E-state index in [1.54, 1.807) is 18.2 Å². The van der Waals surface area contributed by atoms with E-state index in [0.717, 1.165) is 6.07 Å². The zero-order valence-corrected chi connectivity index (χ0v) is 17.2. The molecule has 34 heavy (non-hydrogen) atoms. The monoisotopic (exact) mass is 464 g/mol. The van der Waals surface area contributed by atoms with Crippen molar-refractivity contribution in [2.45, 2.75) is 12.8 Å². The van der Waals surface area contributed by atoms with Crippen LogP contribution in [0.2, 0.25) is 0 Å². The van der Waals surface area contributed by atoms with E-state index in [9.17, 15) is 28.5 Å². The molecular formula is C24H15F3N4O3. The number of aromatic nitrogens is 3. The van der Waals surface area contributed by atoms with Gasteiger partial charge in [-0.2, -0.15) is 18.4 Å². The summed E-state index contributed by atoms with van der Waals surface area (Å²) < 4.78 is 41.5. The first kappa shape index (κ1) is 22.7. The van der Waals surface area contributed by atoms with Gasteiger partial charge in [-0.1, -0.05) is 18.2 Å². The van der Waals surface area contributed by atoms with E-state index in [1.165, 1.54) is 36.4 Å². The zero-order valence-electron chi connectivity index (χ0n) is 17.2. The van der Waals surface area contributed by atoms with Gasteiger partial charge in [0.25, 0.3) is 0 Å². The second-order valence-corrected chi connectivity index (χ2v) is 7.20. The Bertz CT molecular complexity index is 1430. The molecule has 170 valence electrons. The van der Waals surface area contributed by atoms with E-state index >= 15 is 0 Å². The molecule has 10 heteroatoms. The summed E-state index contributed by atoms with van der Waals surface area (Å²) in [5, 5.41) is 39.0. The number of phenols is 2. The van der Waals surface area contributed by atoms with Crippen LogP contribution in [0.4, 0.5) is 13.2 Å². The van der Waals surface area contributed by atoms with Crippen molar-refractivity contribution in [1.29, 1.82) is 5.26 Å². The van der Waals surface area contributed by atoms with Crippen LogP contribution in [0.1, 0.15) is 16.7 Å². The molecule has 3 aromatic carbocycles. The number of hydrogen-bond donors (Lipinski definition) is 3. The van der Waals surface area contributed by atoms with Crippen LogP contribution in [0, 0.1) is 11.3 Å². The second kappa shape index (κ2) is 8.80. The molecule has 0 radical (unpaired) electrons. The molecule has 1 heterocycles. The first-order valence-corrected chi connectivity index (χ1v) is 9.80. The van der Waals surface area contributed by atoms with Gasteiger partial charge in [-0.3, -0.25) is 0 Å². The highest BCUT2D eigenvalue weighted by Crippen LogP contribution is 2.38. The van der Waals surface area contributed by atoms with Crippen molar-refractivity contribution in [3.05, 3.63) is 77.4 Å². The van der Waals surface area contributed by atoms with E-state index < -0.39 is 17.3 Å². The third-order valence-electron chi connectivity index (χ3n) is 4.96. The number of alkyl halides is 3. The Morgan fingerprint density at radius 2 is 1.35 bits per heavy atom. The van der Waals surface area contributed by atoms with Crippen molar-refractivity contribution in [2.24, 2.45) is 0 Å². The Kier molecular flexibility index (Phi) is 5.88. The number of halogens is 3. The molecule has 3 N–H and O–H groups in total. The number of nitriles is 1. The molecule has 1 aromatic heterocycles. The highest BCUT2D eigenvalue weighted by Gasteiger charge is 2.35. The second-order valence-electron chi connectivity index (χ2n) is 7.20. The smallest absolute Gasteiger partial charge is 0.417 e. The summed E-state index contributed by atoms with van der Waals surface area (Å²) in [7, 11) is 0. The Hall–Kier alpha value is -4.49. The molecule has 4 rings (SSSR count). The molecule has 0 saturated heterocycles. The standard InChI is InChI=1S/C24H15F3N4O3/c25-24(26,27)18-9-13(11-28)5-7-15(18)21-29-22(16-3-1-2-4-19(16)33)31-23(30-21)17-8-6-14(12-32)10-20(17)34/h1-10,32-34H,12H2. The lowest BCUT2D eigenvalue weighted by molar-refractivity contribution is -0.137. The molecule has 0 atom stereocenters. The summed E-state index contributed by atoms with van der Waals surface area (Å²) in [4.78, 5) is 12.6. The lowest BCUT2D eigenvalue weighted by Crippen LogP contribution is -2.10. The molecule has 0 amide bonds. The van der Waals surface area contributed by atoms with Crippen molar-refractivity contribution in [1.82, 2.24) is 15.0 Å². The number of aliphatic hydroxyl groups is 1. The van der Waals surface area contributed by atoms with Gasteiger partial charge < -0.3 is 15.3 Å². The topological polar surface area (TPSA) is 123 Å². The van der Waals surface area contributed by atoms with Gasteiger partial charge in [-0.25, -0.2) is 15.0 Å². The van der Waals surface area contributed by atoms with Crippen molar-refractivity contribution in [3.8, 4) is 51.7 Å². The maximum Gasteiger partial charge on any atom is 0.417 e. The van der Waals surface area contributed by atoms with Crippen LogP contribution in [0.3, 0.4) is 0 Å². The predicted molar refractivity (Wildman–Crippen MR) is 115 cm³/mol. The van der Waals surface area contributed by atoms with Crippen LogP contribution in [0.15, 0.2) is 60.7 Å². The fourth-order valence-corrected chi connectivity index (χ4v) is 3.31. The number of aromatic hydroxyl groups is 2. The fraction of sp³-hybridized carbons (Fsp3) is 0.0833. The number of hydrogen-bond acceptors (Lipinski definition) is 7. The molecule has 0 spiro atoms. The van der Waals surface area contributed by atoms with Gasteiger partial charge in [-0.05, 0) is 48.0 Å². The average molecular weight is 464 g/mol. The first-order valence-electron chi connectivity index (χ1n) is 9.80. The van der Waals surface area contributed by atoms with Crippen LogP contribution in [-0.4, -0.2) is 30.3 Å². The molecule has 0 aliphatic carbocycles. The van der Waals surface area contributed by atoms with E-state index in [0.29, 0.717) is 11.6 Å². The SMILES string of the molecule is N#Cc1ccc(-c2nc(-c3ccccc3O)nc(-c3ccc(CO)cc3O)n2)c(C(F)(F)F)c1. The van der Waals surface area contributed by atoms with Gasteiger partial charge in [-0.15, -0.1) is 0 Å². The van der Waals surface area contributed by atoms with E-state index in [4.69, 9.17) is 5.26 Å². The van der Waals surface area contributed by atoms with Crippen LogP contribution in [-0.2, 0) is 12.8 Å². The molecule has 0 unspecified atom stereocenters. The Labute approximate surface area is 191 Å². The van der Waals surface area contributed by atoms with Crippen LogP contribution >= 0.6 is 0 Å². The van der Waals surface area contributed by atoms with Gasteiger partial charge >= 0.3 is 6.18 Å². The van der Waals surface area contributed by atoms with Gasteiger partial charge in [0.2, 0.25) is 0 Å². The highest BCUT2D eigenvalue weighted by molar-refractivity contribution is 5.73. The zero-order chi connectivity index (χ0) is 24.5. The predicted octanol–water partition coefficient (Wildman–Crippen LogP) is 4.67. The van der Waals surface area contributed by atoms with Crippen molar-refractivity contribution >= 4 is 0 Å². The number of para-hydroxylation sites is 1. The van der Waals surface area contributed by atoms with Crippen molar-refractivity contribution < 1.29 is 28.5 Å². The lowest BCUT2D eigenvalue weighted by Gasteiger charge is -2.14. The Balaban J connectivity index is 2.02.